The first-order valence-corrected chi connectivity index (χ1v) is 11.7. The molecule has 172 valence electrons. The van der Waals surface area contributed by atoms with E-state index in [0.29, 0.717) is 31.1 Å². The lowest BCUT2D eigenvalue weighted by Crippen LogP contribution is -2.58. The number of hydrogen-bond acceptors (Lipinski definition) is 4. The molecular formula is C24H36ClN3O3. The first kappa shape index (κ1) is 24.0. The molecule has 2 heterocycles. The molecule has 0 aliphatic carbocycles. The number of rotatable bonds is 5. The minimum atomic E-state index is -1.04. The van der Waals surface area contributed by atoms with Gasteiger partial charge < -0.3 is 20.6 Å². The summed E-state index contributed by atoms with van der Waals surface area (Å²) in [5.74, 6) is -0.323. The van der Waals surface area contributed by atoms with Crippen LogP contribution in [-0.2, 0) is 15.2 Å². The minimum Gasteiger partial charge on any atom is -0.384 e. The van der Waals surface area contributed by atoms with E-state index in [1.54, 1.807) is 12.1 Å². The van der Waals surface area contributed by atoms with Gasteiger partial charge in [-0.2, -0.15) is 0 Å². The number of carbonyl (C=O) groups is 2. The SMILES string of the molecule is CC(NC(=O)[C@@H]1CCCNC1)[C@@H](C)C(=O)N1CC[C@](O)(c2ccc(Cl)cc2)C(C)(C)C1. The van der Waals surface area contributed by atoms with Crippen LogP contribution in [0.25, 0.3) is 0 Å². The zero-order valence-electron chi connectivity index (χ0n) is 19.1. The lowest BCUT2D eigenvalue weighted by Gasteiger charge is -2.51. The first-order valence-electron chi connectivity index (χ1n) is 11.3. The molecule has 0 radical (unpaired) electrons. The highest BCUT2D eigenvalue weighted by atomic mass is 35.5. The van der Waals surface area contributed by atoms with E-state index in [4.69, 9.17) is 11.6 Å². The second-order valence-electron chi connectivity index (χ2n) is 9.89. The van der Waals surface area contributed by atoms with E-state index in [1.807, 2.05) is 44.7 Å². The molecule has 2 aliphatic heterocycles. The standard InChI is InChI=1S/C24H36ClN3O3/c1-16(17(2)27-21(29)18-6-5-12-26-14-18)22(30)28-13-11-24(31,23(3,4)15-28)19-7-9-20(25)10-8-19/h7-10,16-18,26,31H,5-6,11-15H2,1-4H3,(H,27,29)/t16-,17?,18-,24+/m1/s1. The summed E-state index contributed by atoms with van der Waals surface area (Å²) in [7, 11) is 0. The predicted molar refractivity (Wildman–Crippen MR) is 123 cm³/mol. The monoisotopic (exact) mass is 449 g/mol. The number of amides is 2. The number of nitrogens with zero attached hydrogens (tertiary/aromatic N) is 1. The van der Waals surface area contributed by atoms with Gasteiger partial charge in [0.25, 0.3) is 0 Å². The molecule has 1 aromatic carbocycles. The molecule has 6 nitrogen and oxygen atoms in total. The normalized spacial score (nSPS) is 27.9. The molecule has 1 aromatic rings. The van der Waals surface area contributed by atoms with Gasteiger partial charge in [0.15, 0.2) is 0 Å². The number of aliphatic hydroxyl groups is 1. The lowest BCUT2D eigenvalue weighted by atomic mass is 9.66. The van der Waals surface area contributed by atoms with Crippen molar-refractivity contribution in [1.82, 2.24) is 15.5 Å². The minimum absolute atomic E-state index is 0.0146. The van der Waals surface area contributed by atoms with Crippen LogP contribution >= 0.6 is 11.6 Å². The van der Waals surface area contributed by atoms with Crippen molar-refractivity contribution in [3.8, 4) is 0 Å². The van der Waals surface area contributed by atoms with Crippen molar-refractivity contribution < 1.29 is 14.7 Å². The smallest absolute Gasteiger partial charge is 0.227 e. The van der Waals surface area contributed by atoms with Gasteiger partial charge in [0, 0.05) is 36.1 Å². The van der Waals surface area contributed by atoms with Crippen molar-refractivity contribution in [2.45, 2.75) is 58.6 Å². The van der Waals surface area contributed by atoms with Crippen LogP contribution in [0.3, 0.4) is 0 Å². The number of piperidine rings is 2. The molecule has 4 atom stereocenters. The Kier molecular flexibility index (Phi) is 7.34. The van der Waals surface area contributed by atoms with Gasteiger partial charge in [-0.25, -0.2) is 0 Å². The molecule has 3 rings (SSSR count). The summed E-state index contributed by atoms with van der Waals surface area (Å²) in [5, 5.41) is 18.5. The van der Waals surface area contributed by atoms with Crippen LogP contribution in [0, 0.1) is 17.3 Å². The van der Waals surface area contributed by atoms with Gasteiger partial charge >= 0.3 is 0 Å². The molecule has 0 saturated carbocycles. The van der Waals surface area contributed by atoms with Gasteiger partial charge in [-0.05, 0) is 50.4 Å². The number of likely N-dealkylation sites (tertiary alicyclic amines) is 1. The third-order valence-corrected chi connectivity index (χ3v) is 7.51. The lowest BCUT2D eigenvalue weighted by molar-refractivity contribution is -0.156. The second kappa shape index (κ2) is 9.47. The Hall–Kier alpha value is -1.63. The van der Waals surface area contributed by atoms with Crippen molar-refractivity contribution in [2.24, 2.45) is 17.3 Å². The molecule has 0 aromatic heterocycles. The summed E-state index contributed by atoms with van der Waals surface area (Å²) in [6.45, 7) is 10.3. The van der Waals surface area contributed by atoms with Crippen molar-refractivity contribution in [3.63, 3.8) is 0 Å². The predicted octanol–water partition coefficient (Wildman–Crippen LogP) is 2.93. The van der Waals surface area contributed by atoms with Crippen LogP contribution in [0.4, 0.5) is 0 Å². The summed E-state index contributed by atoms with van der Waals surface area (Å²) in [5.41, 5.74) is -0.746. The van der Waals surface area contributed by atoms with E-state index < -0.39 is 11.0 Å². The Morgan fingerprint density at radius 3 is 2.52 bits per heavy atom. The first-order chi connectivity index (χ1) is 14.5. The molecule has 2 fully saturated rings. The van der Waals surface area contributed by atoms with Gasteiger partial charge in [0.2, 0.25) is 11.8 Å². The van der Waals surface area contributed by atoms with Crippen LogP contribution in [0.2, 0.25) is 5.02 Å². The second-order valence-corrected chi connectivity index (χ2v) is 10.3. The largest absolute Gasteiger partial charge is 0.384 e. The van der Waals surface area contributed by atoms with Crippen LogP contribution in [0.5, 0.6) is 0 Å². The molecule has 31 heavy (non-hydrogen) atoms. The fourth-order valence-corrected chi connectivity index (χ4v) is 4.94. The quantitative estimate of drug-likeness (QED) is 0.645. The van der Waals surface area contributed by atoms with Crippen LogP contribution in [0.1, 0.15) is 52.5 Å². The van der Waals surface area contributed by atoms with Crippen molar-refractivity contribution in [2.75, 3.05) is 26.2 Å². The van der Waals surface area contributed by atoms with Gasteiger partial charge in [-0.3, -0.25) is 9.59 Å². The van der Waals surface area contributed by atoms with E-state index >= 15 is 0 Å². The fraction of sp³-hybridized carbons (Fsp3) is 0.667. The van der Waals surface area contributed by atoms with Crippen molar-refractivity contribution >= 4 is 23.4 Å². The van der Waals surface area contributed by atoms with Gasteiger partial charge in [0.1, 0.15) is 0 Å². The van der Waals surface area contributed by atoms with Gasteiger partial charge in [0.05, 0.1) is 17.4 Å². The van der Waals surface area contributed by atoms with Crippen LogP contribution < -0.4 is 10.6 Å². The summed E-state index contributed by atoms with van der Waals surface area (Å²) < 4.78 is 0. The molecule has 2 amide bonds. The number of benzene rings is 1. The number of halogens is 1. The Morgan fingerprint density at radius 1 is 1.26 bits per heavy atom. The molecular weight excluding hydrogens is 414 g/mol. The zero-order valence-corrected chi connectivity index (χ0v) is 19.8. The fourth-order valence-electron chi connectivity index (χ4n) is 4.82. The molecule has 2 saturated heterocycles. The topological polar surface area (TPSA) is 81.7 Å². The number of carbonyl (C=O) groups excluding carboxylic acids is 2. The Bertz CT molecular complexity index is 792. The summed E-state index contributed by atoms with van der Waals surface area (Å²) >= 11 is 6.01. The average Bonchev–Trinajstić information content (AvgIpc) is 2.75. The molecule has 1 unspecified atom stereocenters. The molecule has 0 bridgehead atoms. The Morgan fingerprint density at radius 2 is 1.94 bits per heavy atom. The van der Waals surface area contributed by atoms with Gasteiger partial charge in [-0.15, -0.1) is 0 Å². The molecule has 3 N–H and O–H groups in total. The van der Waals surface area contributed by atoms with E-state index in [0.717, 1.165) is 24.9 Å². The average molecular weight is 450 g/mol. The van der Waals surface area contributed by atoms with Crippen LogP contribution in [-0.4, -0.2) is 54.0 Å². The Balaban J connectivity index is 1.63. The maximum absolute atomic E-state index is 13.2. The molecule has 7 heteroatoms. The van der Waals surface area contributed by atoms with Crippen molar-refractivity contribution in [1.29, 1.82) is 0 Å². The zero-order chi connectivity index (χ0) is 22.8. The van der Waals surface area contributed by atoms with Gasteiger partial charge in [-0.1, -0.05) is 44.5 Å². The highest BCUT2D eigenvalue weighted by Gasteiger charge is 2.50. The van der Waals surface area contributed by atoms with E-state index in [2.05, 4.69) is 10.6 Å². The highest BCUT2D eigenvalue weighted by molar-refractivity contribution is 6.30. The third-order valence-electron chi connectivity index (χ3n) is 7.26. The molecule has 0 spiro atoms. The summed E-state index contributed by atoms with van der Waals surface area (Å²) in [6, 6.07) is 7.05. The summed E-state index contributed by atoms with van der Waals surface area (Å²) in [4.78, 5) is 27.6. The maximum Gasteiger partial charge on any atom is 0.227 e. The van der Waals surface area contributed by atoms with Crippen LogP contribution in [0.15, 0.2) is 24.3 Å². The summed E-state index contributed by atoms with van der Waals surface area (Å²) in [6.07, 6.45) is 2.34. The van der Waals surface area contributed by atoms with Crippen molar-refractivity contribution in [3.05, 3.63) is 34.9 Å². The number of hydrogen-bond donors (Lipinski definition) is 3. The Labute approximate surface area is 190 Å². The molecule has 2 aliphatic rings. The van der Waals surface area contributed by atoms with E-state index in [1.165, 1.54) is 0 Å². The van der Waals surface area contributed by atoms with E-state index in [-0.39, 0.29) is 29.7 Å². The highest BCUT2D eigenvalue weighted by Crippen LogP contribution is 2.46. The third kappa shape index (κ3) is 5.07. The van der Waals surface area contributed by atoms with E-state index in [9.17, 15) is 14.7 Å². The maximum atomic E-state index is 13.2. The number of nitrogens with one attached hydrogen (secondary N) is 2.